The molecule has 0 amide bonds. The SMILES string of the molecule is O=S(=O)(Nc1cc(Cl)ccc1OCC(F)(F)F)c1cccs1. The van der Waals surface area contributed by atoms with Crippen LogP contribution in [0.5, 0.6) is 5.75 Å². The summed E-state index contributed by atoms with van der Waals surface area (Å²) in [5.74, 6) is -0.262. The van der Waals surface area contributed by atoms with Crippen LogP contribution in [0.15, 0.2) is 39.9 Å². The third kappa shape index (κ3) is 4.52. The van der Waals surface area contributed by atoms with Crippen LogP contribution in [-0.4, -0.2) is 21.2 Å². The second-order valence-corrected chi connectivity index (χ2v) is 7.38. The van der Waals surface area contributed by atoms with Crippen molar-refractivity contribution >= 4 is 38.6 Å². The van der Waals surface area contributed by atoms with E-state index in [2.05, 4.69) is 9.46 Å². The van der Waals surface area contributed by atoms with Crippen molar-refractivity contribution in [3.63, 3.8) is 0 Å². The summed E-state index contributed by atoms with van der Waals surface area (Å²) in [6.07, 6.45) is -4.54. The number of sulfonamides is 1. The highest BCUT2D eigenvalue weighted by Crippen LogP contribution is 2.32. The molecule has 1 aromatic heterocycles. The van der Waals surface area contributed by atoms with E-state index in [4.69, 9.17) is 11.6 Å². The van der Waals surface area contributed by atoms with E-state index in [-0.39, 0.29) is 20.7 Å². The number of anilines is 1. The predicted molar refractivity (Wildman–Crippen MR) is 78.1 cm³/mol. The van der Waals surface area contributed by atoms with Crippen LogP contribution in [0.4, 0.5) is 18.9 Å². The van der Waals surface area contributed by atoms with Crippen molar-refractivity contribution in [2.45, 2.75) is 10.4 Å². The van der Waals surface area contributed by atoms with E-state index in [1.165, 1.54) is 30.3 Å². The second kappa shape index (κ2) is 6.35. The topological polar surface area (TPSA) is 55.4 Å². The molecule has 4 nitrogen and oxygen atoms in total. The van der Waals surface area contributed by atoms with Crippen LogP contribution in [0, 0.1) is 0 Å². The summed E-state index contributed by atoms with van der Waals surface area (Å²) in [7, 11) is -3.91. The number of ether oxygens (including phenoxy) is 1. The van der Waals surface area contributed by atoms with E-state index in [1.807, 2.05) is 0 Å². The maximum Gasteiger partial charge on any atom is 0.422 e. The van der Waals surface area contributed by atoms with Crippen LogP contribution in [0.2, 0.25) is 5.02 Å². The lowest BCUT2D eigenvalue weighted by Crippen LogP contribution is -2.20. The summed E-state index contributed by atoms with van der Waals surface area (Å²) < 4.78 is 67.7. The molecule has 10 heteroatoms. The fraction of sp³-hybridized carbons (Fsp3) is 0.167. The first-order valence-electron chi connectivity index (χ1n) is 5.73. The highest BCUT2D eigenvalue weighted by Gasteiger charge is 2.29. The molecule has 0 atom stereocenters. The van der Waals surface area contributed by atoms with Crippen molar-refractivity contribution in [1.29, 1.82) is 0 Å². The molecule has 1 N–H and O–H groups in total. The first-order chi connectivity index (χ1) is 10.2. The molecule has 0 aliphatic heterocycles. The van der Waals surface area contributed by atoms with Gasteiger partial charge in [0.2, 0.25) is 0 Å². The zero-order valence-electron chi connectivity index (χ0n) is 10.7. The Morgan fingerprint density at radius 2 is 2.00 bits per heavy atom. The third-order valence-electron chi connectivity index (χ3n) is 2.34. The second-order valence-electron chi connectivity index (χ2n) is 4.08. The summed E-state index contributed by atoms with van der Waals surface area (Å²) >= 11 is 6.72. The van der Waals surface area contributed by atoms with E-state index in [1.54, 1.807) is 5.38 Å². The maximum atomic E-state index is 12.2. The zero-order chi connectivity index (χ0) is 16.4. The maximum absolute atomic E-state index is 12.2. The molecule has 0 aliphatic rings. The fourth-order valence-corrected chi connectivity index (χ4v) is 3.71. The molecule has 0 spiro atoms. The van der Waals surface area contributed by atoms with E-state index in [0.717, 1.165) is 11.3 Å². The smallest absolute Gasteiger partial charge is 0.422 e. The summed E-state index contributed by atoms with van der Waals surface area (Å²) in [5, 5.41) is 1.72. The lowest BCUT2D eigenvalue weighted by atomic mass is 10.3. The first-order valence-corrected chi connectivity index (χ1v) is 8.47. The summed E-state index contributed by atoms with van der Waals surface area (Å²) in [6, 6.07) is 6.56. The molecular formula is C12H9ClF3NO3S2. The van der Waals surface area contributed by atoms with Gasteiger partial charge in [-0.05, 0) is 29.6 Å². The Balaban J connectivity index is 2.28. The van der Waals surface area contributed by atoms with Crippen LogP contribution in [0.1, 0.15) is 0 Å². The molecule has 120 valence electrons. The van der Waals surface area contributed by atoms with E-state index >= 15 is 0 Å². The Bertz CT molecular complexity index is 745. The average molecular weight is 372 g/mol. The van der Waals surface area contributed by atoms with Gasteiger partial charge in [0.15, 0.2) is 6.61 Å². The van der Waals surface area contributed by atoms with Crippen molar-refractivity contribution in [2.24, 2.45) is 0 Å². The van der Waals surface area contributed by atoms with Crippen molar-refractivity contribution in [3.05, 3.63) is 40.7 Å². The van der Waals surface area contributed by atoms with Crippen LogP contribution in [0.3, 0.4) is 0 Å². The van der Waals surface area contributed by atoms with Crippen molar-refractivity contribution in [3.8, 4) is 5.75 Å². The van der Waals surface area contributed by atoms with Gasteiger partial charge in [-0.25, -0.2) is 8.42 Å². The highest BCUT2D eigenvalue weighted by atomic mass is 35.5. The van der Waals surface area contributed by atoms with Gasteiger partial charge in [-0.2, -0.15) is 13.2 Å². The first kappa shape index (κ1) is 16.9. The lowest BCUT2D eigenvalue weighted by molar-refractivity contribution is -0.153. The van der Waals surface area contributed by atoms with E-state index < -0.39 is 22.8 Å². The minimum Gasteiger partial charge on any atom is -0.482 e. The molecule has 1 heterocycles. The molecule has 0 aliphatic carbocycles. The molecule has 1 aromatic carbocycles. The van der Waals surface area contributed by atoms with Crippen LogP contribution < -0.4 is 9.46 Å². The fourth-order valence-electron chi connectivity index (χ4n) is 1.48. The Morgan fingerprint density at radius 1 is 1.27 bits per heavy atom. The van der Waals surface area contributed by atoms with Crippen molar-refractivity contribution in [1.82, 2.24) is 0 Å². The Hall–Kier alpha value is -1.45. The molecule has 0 fully saturated rings. The Labute approximate surface area is 133 Å². The number of rotatable bonds is 5. The molecule has 0 bridgehead atoms. The highest BCUT2D eigenvalue weighted by molar-refractivity contribution is 7.94. The summed E-state index contributed by atoms with van der Waals surface area (Å²) in [6.45, 7) is -1.54. The van der Waals surface area contributed by atoms with Gasteiger partial charge < -0.3 is 4.74 Å². The molecule has 0 saturated heterocycles. The third-order valence-corrected chi connectivity index (χ3v) is 5.34. The largest absolute Gasteiger partial charge is 0.482 e. The minimum atomic E-state index is -4.54. The molecule has 0 unspecified atom stereocenters. The number of nitrogens with one attached hydrogen (secondary N) is 1. The van der Waals surface area contributed by atoms with Crippen LogP contribution in [-0.2, 0) is 10.0 Å². The molecule has 0 radical (unpaired) electrons. The molecule has 2 aromatic rings. The van der Waals surface area contributed by atoms with E-state index in [0.29, 0.717) is 0 Å². The Kier molecular flexibility index (Phi) is 4.88. The van der Waals surface area contributed by atoms with Gasteiger partial charge in [0.05, 0.1) is 5.69 Å². The normalized spacial score (nSPS) is 12.2. The standard InChI is InChI=1S/C12H9ClF3NO3S2/c13-8-3-4-10(20-7-12(14,15)16)9(6-8)17-22(18,19)11-2-1-5-21-11/h1-6,17H,7H2. The van der Waals surface area contributed by atoms with Gasteiger partial charge in [-0.3, -0.25) is 4.72 Å². The van der Waals surface area contributed by atoms with Gasteiger partial charge in [0.25, 0.3) is 10.0 Å². The van der Waals surface area contributed by atoms with Crippen LogP contribution in [0.25, 0.3) is 0 Å². The number of hydrogen-bond donors (Lipinski definition) is 1. The van der Waals surface area contributed by atoms with Gasteiger partial charge in [-0.1, -0.05) is 17.7 Å². The number of alkyl halides is 3. The van der Waals surface area contributed by atoms with E-state index in [9.17, 15) is 21.6 Å². The van der Waals surface area contributed by atoms with Crippen molar-refractivity contribution < 1.29 is 26.3 Å². The van der Waals surface area contributed by atoms with Crippen molar-refractivity contribution in [2.75, 3.05) is 11.3 Å². The quantitative estimate of drug-likeness (QED) is 0.859. The zero-order valence-corrected chi connectivity index (χ0v) is 13.1. The monoisotopic (exact) mass is 371 g/mol. The van der Waals surface area contributed by atoms with Gasteiger partial charge >= 0.3 is 6.18 Å². The number of thiophene rings is 1. The van der Waals surface area contributed by atoms with Gasteiger partial charge in [0, 0.05) is 5.02 Å². The molecule has 2 rings (SSSR count). The lowest BCUT2D eigenvalue weighted by Gasteiger charge is -2.14. The van der Waals surface area contributed by atoms with Gasteiger partial charge in [0.1, 0.15) is 9.96 Å². The number of benzene rings is 1. The molecular weight excluding hydrogens is 363 g/mol. The van der Waals surface area contributed by atoms with Gasteiger partial charge in [-0.15, -0.1) is 11.3 Å². The summed E-state index contributed by atoms with van der Waals surface area (Å²) in [4.78, 5) is 0. The number of hydrogen-bond acceptors (Lipinski definition) is 4. The predicted octanol–water partition coefficient (Wildman–Crippen LogP) is 4.14. The number of halogens is 4. The Morgan fingerprint density at radius 3 is 2.59 bits per heavy atom. The van der Waals surface area contributed by atoms with Crippen LogP contribution >= 0.6 is 22.9 Å². The molecule has 22 heavy (non-hydrogen) atoms. The summed E-state index contributed by atoms with van der Waals surface area (Å²) in [5.41, 5.74) is -0.162. The minimum absolute atomic E-state index is 0.0225. The molecule has 0 saturated carbocycles. The average Bonchev–Trinajstić information content (AvgIpc) is 2.90.